The molecular weight excluding hydrogens is 286 g/mol. The van der Waals surface area contributed by atoms with Gasteiger partial charge in [-0.3, -0.25) is 9.59 Å². The van der Waals surface area contributed by atoms with Crippen LogP contribution in [0, 0.1) is 0 Å². The lowest BCUT2D eigenvalue weighted by Gasteiger charge is -2.11. The third-order valence-electron chi connectivity index (χ3n) is 3.08. The fourth-order valence-corrected chi connectivity index (χ4v) is 1.95. The number of carbonyl (C=O) groups is 1. The summed E-state index contributed by atoms with van der Waals surface area (Å²) in [7, 11) is 3.18. The molecule has 116 valence electrons. The van der Waals surface area contributed by atoms with Crippen molar-refractivity contribution >= 4 is 5.91 Å². The first-order valence-electron chi connectivity index (χ1n) is 6.69. The van der Waals surface area contributed by atoms with Gasteiger partial charge in [0.2, 0.25) is 0 Å². The molecule has 0 saturated heterocycles. The van der Waals surface area contributed by atoms with Gasteiger partial charge in [0.05, 0.1) is 14.2 Å². The average Bonchev–Trinajstić information content (AvgIpc) is 2.55. The second kappa shape index (κ2) is 7.26. The van der Waals surface area contributed by atoms with Gasteiger partial charge in [-0.1, -0.05) is 0 Å². The maximum atomic E-state index is 11.9. The zero-order valence-corrected chi connectivity index (χ0v) is 12.4. The first-order valence-corrected chi connectivity index (χ1v) is 6.69. The highest BCUT2D eigenvalue weighted by atomic mass is 16.5. The normalized spacial score (nSPS) is 10.1. The largest absolute Gasteiger partial charge is 0.497 e. The Morgan fingerprint density at radius 3 is 2.68 bits per heavy atom. The van der Waals surface area contributed by atoms with Crippen molar-refractivity contribution in [2.45, 2.75) is 6.42 Å². The number of aromatic amines is 1. The van der Waals surface area contributed by atoms with Crippen molar-refractivity contribution in [1.82, 2.24) is 15.5 Å². The van der Waals surface area contributed by atoms with Crippen molar-refractivity contribution in [3.05, 3.63) is 51.9 Å². The summed E-state index contributed by atoms with van der Waals surface area (Å²) in [5.41, 5.74) is 0.742. The zero-order valence-electron chi connectivity index (χ0n) is 12.4. The molecule has 2 N–H and O–H groups in total. The number of H-pyrrole nitrogens is 1. The van der Waals surface area contributed by atoms with E-state index in [1.165, 1.54) is 12.1 Å². The van der Waals surface area contributed by atoms with E-state index in [1.807, 2.05) is 18.2 Å². The molecule has 0 aliphatic heterocycles. The number of methoxy groups -OCH3 is 2. The Hall–Kier alpha value is -2.83. The van der Waals surface area contributed by atoms with Crippen molar-refractivity contribution < 1.29 is 14.3 Å². The van der Waals surface area contributed by atoms with Crippen LogP contribution in [0.2, 0.25) is 0 Å². The summed E-state index contributed by atoms with van der Waals surface area (Å²) in [6.45, 7) is 0.406. The van der Waals surface area contributed by atoms with Crippen LogP contribution in [0.4, 0.5) is 0 Å². The Kier molecular flexibility index (Phi) is 5.13. The van der Waals surface area contributed by atoms with Crippen molar-refractivity contribution in [2.75, 3.05) is 20.8 Å². The molecule has 22 heavy (non-hydrogen) atoms. The minimum atomic E-state index is -0.349. The summed E-state index contributed by atoms with van der Waals surface area (Å²) in [5, 5.41) is 8.63. The van der Waals surface area contributed by atoms with Gasteiger partial charge in [0.1, 0.15) is 17.2 Å². The lowest BCUT2D eigenvalue weighted by molar-refractivity contribution is 0.0948. The number of nitrogens with zero attached hydrogens (tertiary/aromatic N) is 1. The van der Waals surface area contributed by atoms with Gasteiger partial charge in [-0.2, -0.15) is 5.10 Å². The van der Waals surface area contributed by atoms with E-state index in [1.54, 1.807) is 14.2 Å². The van der Waals surface area contributed by atoms with Gasteiger partial charge in [-0.25, -0.2) is 5.10 Å². The molecule has 0 radical (unpaired) electrons. The fourth-order valence-electron chi connectivity index (χ4n) is 1.95. The lowest BCUT2D eigenvalue weighted by atomic mass is 10.1. The van der Waals surface area contributed by atoms with Crippen LogP contribution in [-0.2, 0) is 6.42 Å². The molecule has 2 aromatic rings. The van der Waals surface area contributed by atoms with Gasteiger partial charge in [-0.05, 0) is 36.2 Å². The van der Waals surface area contributed by atoms with Crippen LogP contribution in [0.3, 0.4) is 0 Å². The number of ether oxygens (including phenoxy) is 2. The Morgan fingerprint density at radius 2 is 2.05 bits per heavy atom. The average molecular weight is 303 g/mol. The summed E-state index contributed by atoms with van der Waals surface area (Å²) in [6, 6.07) is 8.13. The second-order valence-electron chi connectivity index (χ2n) is 4.49. The van der Waals surface area contributed by atoms with Gasteiger partial charge in [-0.15, -0.1) is 0 Å². The molecule has 0 fully saturated rings. The predicted molar refractivity (Wildman–Crippen MR) is 80.4 cm³/mol. The van der Waals surface area contributed by atoms with Crippen LogP contribution in [0.15, 0.2) is 35.1 Å². The van der Waals surface area contributed by atoms with E-state index in [0.717, 1.165) is 17.1 Å². The van der Waals surface area contributed by atoms with E-state index < -0.39 is 0 Å². The molecule has 1 heterocycles. The maximum absolute atomic E-state index is 11.9. The molecule has 0 atom stereocenters. The predicted octanol–water partition coefficient (Wildman–Crippen LogP) is 0.760. The van der Waals surface area contributed by atoms with E-state index in [4.69, 9.17) is 9.47 Å². The van der Waals surface area contributed by atoms with E-state index in [2.05, 4.69) is 15.5 Å². The summed E-state index contributed by atoms with van der Waals surface area (Å²) in [6.07, 6.45) is 0.579. The molecule has 0 aliphatic carbocycles. The summed E-state index contributed by atoms with van der Waals surface area (Å²) < 4.78 is 10.5. The van der Waals surface area contributed by atoms with E-state index in [0.29, 0.717) is 13.0 Å². The van der Waals surface area contributed by atoms with Gasteiger partial charge in [0, 0.05) is 12.6 Å². The molecule has 0 unspecified atom stereocenters. The Labute approximate surface area is 127 Å². The smallest absolute Gasteiger partial charge is 0.271 e. The van der Waals surface area contributed by atoms with Crippen LogP contribution < -0.4 is 20.3 Å². The zero-order chi connectivity index (χ0) is 15.9. The standard InChI is InChI=1S/C15H17N3O4/c1-21-11-3-5-13(22-2)10(9-11)7-8-16-15(20)12-4-6-14(19)18-17-12/h3-6,9H,7-8H2,1-2H3,(H,16,20)(H,18,19). The third kappa shape index (κ3) is 3.85. The Morgan fingerprint density at radius 1 is 1.23 bits per heavy atom. The summed E-state index contributed by atoms with van der Waals surface area (Å²) in [5.74, 6) is 1.11. The van der Waals surface area contributed by atoms with Gasteiger partial charge < -0.3 is 14.8 Å². The molecule has 1 amide bonds. The van der Waals surface area contributed by atoms with Gasteiger partial charge in [0.25, 0.3) is 11.5 Å². The monoisotopic (exact) mass is 303 g/mol. The number of hydrogen-bond donors (Lipinski definition) is 2. The van der Waals surface area contributed by atoms with Gasteiger partial charge >= 0.3 is 0 Å². The number of aromatic nitrogens is 2. The molecule has 1 aromatic heterocycles. The number of hydrogen-bond acceptors (Lipinski definition) is 5. The molecule has 1 aromatic carbocycles. The highest BCUT2D eigenvalue weighted by molar-refractivity contribution is 5.91. The molecule has 0 bridgehead atoms. The van der Waals surface area contributed by atoms with E-state index >= 15 is 0 Å². The topological polar surface area (TPSA) is 93.3 Å². The summed E-state index contributed by atoms with van der Waals surface area (Å²) in [4.78, 5) is 22.8. The maximum Gasteiger partial charge on any atom is 0.271 e. The number of carbonyl (C=O) groups excluding carboxylic acids is 1. The Bertz CT molecular complexity index is 692. The molecule has 0 aliphatic rings. The number of nitrogens with one attached hydrogen (secondary N) is 2. The number of amides is 1. The van der Waals surface area contributed by atoms with E-state index in [-0.39, 0.29) is 17.2 Å². The van der Waals surface area contributed by atoms with Gasteiger partial charge in [0.15, 0.2) is 0 Å². The first-order chi connectivity index (χ1) is 10.6. The van der Waals surface area contributed by atoms with Crippen molar-refractivity contribution in [1.29, 1.82) is 0 Å². The minimum Gasteiger partial charge on any atom is -0.497 e. The van der Waals surface area contributed by atoms with E-state index in [9.17, 15) is 9.59 Å². The molecule has 7 heteroatoms. The molecule has 0 saturated carbocycles. The quantitative estimate of drug-likeness (QED) is 0.822. The van der Waals surface area contributed by atoms with Crippen molar-refractivity contribution in [3.63, 3.8) is 0 Å². The fraction of sp³-hybridized carbons (Fsp3) is 0.267. The second-order valence-corrected chi connectivity index (χ2v) is 4.49. The van der Waals surface area contributed by atoms with Crippen molar-refractivity contribution in [3.8, 4) is 11.5 Å². The molecule has 7 nitrogen and oxygen atoms in total. The van der Waals surface area contributed by atoms with Crippen LogP contribution in [0.25, 0.3) is 0 Å². The number of benzene rings is 1. The highest BCUT2D eigenvalue weighted by Gasteiger charge is 2.09. The van der Waals surface area contributed by atoms with Crippen LogP contribution in [0.5, 0.6) is 11.5 Å². The molecular formula is C15H17N3O4. The van der Waals surface area contributed by atoms with Crippen LogP contribution >= 0.6 is 0 Å². The van der Waals surface area contributed by atoms with Crippen LogP contribution in [0.1, 0.15) is 16.1 Å². The van der Waals surface area contributed by atoms with Crippen LogP contribution in [-0.4, -0.2) is 36.9 Å². The number of rotatable bonds is 6. The first kappa shape index (κ1) is 15.6. The van der Waals surface area contributed by atoms with Crippen molar-refractivity contribution in [2.24, 2.45) is 0 Å². The summed E-state index contributed by atoms with van der Waals surface area (Å²) >= 11 is 0. The molecule has 2 rings (SSSR count). The Balaban J connectivity index is 1.97. The highest BCUT2D eigenvalue weighted by Crippen LogP contribution is 2.24. The SMILES string of the molecule is COc1ccc(OC)c(CCNC(=O)c2ccc(=O)[nH]n2)c1. The lowest BCUT2D eigenvalue weighted by Crippen LogP contribution is -2.27. The third-order valence-corrected chi connectivity index (χ3v) is 3.08. The minimum absolute atomic E-state index is 0.164. The molecule has 0 spiro atoms.